The van der Waals surface area contributed by atoms with E-state index in [-0.39, 0.29) is 5.89 Å². The quantitative estimate of drug-likeness (QED) is 0.798. The minimum atomic E-state index is -0.407. The van der Waals surface area contributed by atoms with Crippen LogP contribution in [0.15, 0.2) is 59.0 Å². The van der Waals surface area contributed by atoms with Gasteiger partial charge < -0.3 is 9.73 Å². The largest absolute Gasteiger partial charge is 0.412 e. The van der Waals surface area contributed by atoms with E-state index in [1.807, 2.05) is 61.5 Å². The number of nitrogens with zero attached hydrogens (tertiary/aromatic N) is 2. The first-order chi connectivity index (χ1) is 10.8. The first-order valence-electron chi connectivity index (χ1n) is 7.06. The van der Waals surface area contributed by atoms with Crippen LogP contribution in [0.2, 0.25) is 0 Å². The van der Waals surface area contributed by atoms with Gasteiger partial charge in [-0.25, -0.2) is 0 Å². The normalized spacial score (nSPS) is 10.4. The van der Waals surface area contributed by atoms with Crippen molar-refractivity contribution in [3.63, 3.8) is 0 Å². The number of carbonyl (C=O) groups is 1. The lowest BCUT2D eigenvalue weighted by atomic mass is 10.1. The van der Waals surface area contributed by atoms with E-state index in [2.05, 4.69) is 15.5 Å². The van der Waals surface area contributed by atoms with Gasteiger partial charge in [0.05, 0.1) is 0 Å². The van der Waals surface area contributed by atoms with Crippen LogP contribution >= 0.6 is 0 Å². The summed E-state index contributed by atoms with van der Waals surface area (Å²) in [7, 11) is 0. The zero-order chi connectivity index (χ0) is 15.4. The molecule has 1 aromatic heterocycles. The Kier molecular flexibility index (Phi) is 3.96. The number of para-hydroxylation sites is 1. The summed E-state index contributed by atoms with van der Waals surface area (Å²) in [6, 6.07) is 17.0. The Morgan fingerprint density at radius 2 is 1.77 bits per heavy atom. The van der Waals surface area contributed by atoms with E-state index >= 15 is 0 Å². The van der Waals surface area contributed by atoms with Crippen molar-refractivity contribution in [1.29, 1.82) is 0 Å². The maximum absolute atomic E-state index is 12.2. The van der Waals surface area contributed by atoms with Crippen LogP contribution in [0.5, 0.6) is 0 Å². The molecule has 0 radical (unpaired) electrons. The van der Waals surface area contributed by atoms with Gasteiger partial charge in [-0.2, -0.15) is 0 Å². The lowest BCUT2D eigenvalue weighted by Gasteiger charge is -2.07. The van der Waals surface area contributed by atoms with E-state index in [4.69, 9.17) is 4.42 Å². The number of anilines is 1. The highest BCUT2D eigenvalue weighted by molar-refractivity contribution is 6.01. The lowest BCUT2D eigenvalue weighted by molar-refractivity contribution is 0.0990. The Hall–Kier alpha value is -2.95. The molecule has 0 saturated carbocycles. The SMILES string of the molecule is CCc1ccccc1NC(=O)c1nnc(-c2ccccc2)o1. The van der Waals surface area contributed by atoms with E-state index in [1.165, 1.54) is 0 Å². The van der Waals surface area contributed by atoms with Gasteiger partial charge in [-0.15, -0.1) is 10.2 Å². The molecule has 0 aliphatic heterocycles. The second-order valence-corrected chi connectivity index (χ2v) is 4.74. The van der Waals surface area contributed by atoms with E-state index in [0.29, 0.717) is 5.89 Å². The molecule has 0 aliphatic rings. The Morgan fingerprint density at radius 3 is 2.55 bits per heavy atom. The molecular weight excluding hydrogens is 278 g/mol. The topological polar surface area (TPSA) is 68.0 Å². The van der Waals surface area contributed by atoms with Crippen LogP contribution < -0.4 is 5.32 Å². The van der Waals surface area contributed by atoms with Crippen LogP contribution in [-0.4, -0.2) is 16.1 Å². The van der Waals surface area contributed by atoms with Crippen molar-refractivity contribution in [2.45, 2.75) is 13.3 Å². The highest BCUT2D eigenvalue weighted by Gasteiger charge is 2.16. The Balaban J connectivity index is 1.80. The number of aromatic nitrogens is 2. The molecule has 1 N–H and O–H groups in total. The van der Waals surface area contributed by atoms with Gasteiger partial charge in [-0.1, -0.05) is 43.3 Å². The maximum Gasteiger partial charge on any atom is 0.313 e. The molecule has 110 valence electrons. The fourth-order valence-corrected chi connectivity index (χ4v) is 2.14. The number of rotatable bonds is 4. The molecule has 3 rings (SSSR count). The minimum Gasteiger partial charge on any atom is -0.412 e. The van der Waals surface area contributed by atoms with Gasteiger partial charge in [0, 0.05) is 11.3 Å². The predicted molar refractivity (Wildman–Crippen MR) is 83.5 cm³/mol. The van der Waals surface area contributed by atoms with Crippen molar-refractivity contribution >= 4 is 11.6 Å². The predicted octanol–water partition coefficient (Wildman–Crippen LogP) is 3.55. The molecule has 1 heterocycles. The Morgan fingerprint density at radius 1 is 1.05 bits per heavy atom. The minimum absolute atomic E-state index is 0.0511. The molecule has 0 atom stereocenters. The third kappa shape index (κ3) is 2.88. The van der Waals surface area contributed by atoms with Crippen LogP contribution in [0, 0.1) is 0 Å². The molecule has 0 aliphatic carbocycles. The van der Waals surface area contributed by atoms with Gasteiger partial charge in [0.1, 0.15) is 0 Å². The molecule has 2 aromatic carbocycles. The second kappa shape index (κ2) is 6.22. The van der Waals surface area contributed by atoms with Crippen molar-refractivity contribution in [3.8, 4) is 11.5 Å². The van der Waals surface area contributed by atoms with E-state index in [0.717, 1.165) is 23.2 Å². The van der Waals surface area contributed by atoms with Crippen LogP contribution in [0.3, 0.4) is 0 Å². The monoisotopic (exact) mass is 293 g/mol. The van der Waals surface area contributed by atoms with Gasteiger partial charge in [-0.05, 0) is 30.2 Å². The third-order valence-electron chi connectivity index (χ3n) is 3.29. The molecule has 5 nitrogen and oxygen atoms in total. The number of benzene rings is 2. The summed E-state index contributed by atoms with van der Waals surface area (Å²) in [5, 5.41) is 10.5. The number of hydrogen-bond acceptors (Lipinski definition) is 4. The second-order valence-electron chi connectivity index (χ2n) is 4.74. The zero-order valence-corrected chi connectivity index (χ0v) is 12.1. The number of amides is 1. The maximum atomic E-state index is 12.2. The molecule has 5 heteroatoms. The number of carbonyl (C=O) groups excluding carboxylic acids is 1. The Bertz CT molecular complexity index is 781. The van der Waals surface area contributed by atoms with Crippen LogP contribution in [0.25, 0.3) is 11.5 Å². The summed E-state index contributed by atoms with van der Waals surface area (Å²) < 4.78 is 5.44. The fraction of sp³-hybridized carbons (Fsp3) is 0.118. The highest BCUT2D eigenvalue weighted by atomic mass is 16.4. The molecule has 0 bridgehead atoms. The first-order valence-corrected chi connectivity index (χ1v) is 7.06. The third-order valence-corrected chi connectivity index (χ3v) is 3.29. The van der Waals surface area contributed by atoms with E-state index in [9.17, 15) is 4.79 Å². The van der Waals surface area contributed by atoms with Crippen molar-refractivity contribution in [1.82, 2.24) is 10.2 Å². The molecule has 0 saturated heterocycles. The molecule has 1 amide bonds. The smallest absolute Gasteiger partial charge is 0.313 e. The average molecular weight is 293 g/mol. The summed E-state index contributed by atoms with van der Waals surface area (Å²) in [6.45, 7) is 2.03. The first kappa shape index (κ1) is 14.0. The summed E-state index contributed by atoms with van der Waals surface area (Å²) in [4.78, 5) is 12.2. The number of aryl methyl sites for hydroxylation is 1. The van der Waals surface area contributed by atoms with Gasteiger partial charge in [0.25, 0.3) is 0 Å². The van der Waals surface area contributed by atoms with Gasteiger partial charge in [-0.3, -0.25) is 4.79 Å². The molecule has 0 unspecified atom stereocenters. The van der Waals surface area contributed by atoms with Crippen LogP contribution in [-0.2, 0) is 6.42 Å². The highest BCUT2D eigenvalue weighted by Crippen LogP contribution is 2.19. The summed E-state index contributed by atoms with van der Waals surface area (Å²) in [5.74, 6) is -0.130. The van der Waals surface area contributed by atoms with Crippen molar-refractivity contribution < 1.29 is 9.21 Å². The van der Waals surface area contributed by atoms with Crippen LogP contribution in [0.4, 0.5) is 5.69 Å². The summed E-state index contributed by atoms with van der Waals surface area (Å²) in [6.07, 6.45) is 0.829. The molecule has 22 heavy (non-hydrogen) atoms. The molecular formula is C17H15N3O2. The van der Waals surface area contributed by atoms with E-state index in [1.54, 1.807) is 0 Å². The number of hydrogen-bond donors (Lipinski definition) is 1. The van der Waals surface area contributed by atoms with E-state index < -0.39 is 5.91 Å². The average Bonchev–Trinajstić information content (AvgIpc) is 3.06. The van der Waals surface area contributed by atoms with Gasteiger partial charge in [0.2, 0.25) is 5.89 Å². The van der Waals surface area contributed by atoms with Crippen molar-refractivity contribution in [2.75, 3.05) is 5.32 Å². The van der Waals surface area contributed by atoms with Gasteiger partial charge >= 0.3 is 11.8 Å². The molecule has 3 aromatic rings. The number of nitrogens with one attached hydrogen (secondary N) is 1. The summed E-state index contributed by atoms with van der Waals surface area (Å²) >= 11 is 0. The fourth-order valence-electron chi connectivity index (χ4n) is 2.14. The van der Waals surface area contributed by atoms with Gasteiger partial charge in [0.15, 0.2) is 0 Å². The molecule has 0 fully saturated rings. The summed E-state index contributed by atoms with van der Waals surface area (Å²) in [5.41, 5.74) is 2.59. The lowest BCUT2D eigenvalue weighted by Crippen LogP contribution is -2.13. The standard InChI is InChI=1S/C17H15N3O2/c1-2-12-8-6-7-11-14(12)18-15(21)17-20-19-16(22-17)13-9-4-3-5-10-13/h3-11H,2H2,1H3,(H,18,21). The van der Waals surface area contributed by atoms with Crippen LogP contribution in [0.1, 0.15) is 23.2 Å². The Labute approximate surface area is 128 Å². The van der Waals surface area contributed by atoms with Crippen molar-refractivity contribution in [3.05, 3.63) is 66.1 Å². The molecule has 0 spiro atoms. The van der Waals surface area contributed by atoms with Crippen molar-refractivity contribution in [2.24, 2.45) is 0 Å². The zero-order valence-electron chi connectivity index (χ0n) is 12.1.